The Morgan fingerprint density at radius 2 is 2.12 bits per heavy atom. The number of methoxy groups -OCH3 is 2. The summed E-state index contributed by atoms with van der Waals surface area (Å²) in [4.78, 5) is 16.4. The van der Waals surface area contributed by atoms with Crippen molar-refractivity contribution >= 4 is 17.2 Å². The first-order valence-corrected chi connectivity index (χ1v) is 9.12. The molecule has 128 valence electrons. The van der Waals surface area contributed by atoms with Crippen molar-refractivity contribution in [1.29, 1.82) is 0 Å². The maximum absolute atomic E-state index is 13.0. The number of carbonyl (C=O) groups is 1. The zero-order valence-electron chi connectivity index (χ0n) is 14.4. The average molecular weight is 345 g/mol. The number of hydrogen-bond acceptors (Lipinski definition) is 4. The third kappa shape index (κ3) is 3.13. The number of nitrogens with zero attached hydrogens (tertiary/aromatic N) is 1. The Kier molecular flexibility index (Phi) is 5.09. The van der Waals surface area contributed by atoms with Gasteiger partial charge in [0.2, 0.25) is 5.91 Å². The van der Waals surface area contributed by atoms with Crippen molar-refractivity contribution in [3.05, 3.63) is 45.6 Å². The first-order chi connectivity index (χ1) is 11.7. The lowest BCUT2D eigenvalue weighted by Crippen LogP contribution is -2.40. The number of rotatable bonds is 5. The molecule has 0 saturated carbocycles. The van der Waals surface area contributed by atoms with Crippen LogP contribution in [0.15, 0.2) is 29.6 Å². The predicted octanol–water partition coefficient (Wildman–Crippen LogP) is 3.84. The third-order valence-corrected chi connectivity index (χ3v) is 5.63. The summed E-state index contributed by atoms with van der Waals surface area (Å²) in [7, 11) is 3.26. The first kappa shape index (κ1) is 16.8. The minimum Gasteiger partial charge on any atom is -0.497 e. The lowest BCUT2D eigenvalue weighted by atomic mass is 9.97. The highest BCUT2D eigenvalue weighted by molar-refractivity contribution is 7.10. The second-order valence-corrected chi connectivity index (χ2v) is 6.92. The number of ether oxygens (including phenoxy) is 2. The lowest BCUT2D eigenvalue weighted by molar-refractivity contribution is -0.133. The number of carbonyl (C=O) groups excluding carboxylic acids is 1. The van der Waals surface area contributed by atoms with Crippen LogP contribution < -0.4 is 9.47 Å². The van der Waals surface area contributed by atoms with Crippen molar-refractivity contribution in [2.24, 2.45) is 0 Å². The van der Waals surface area contributed by atoms with Crippen LogP contribution >= 0.6 is 11.3 Å². The molecule has 0 radical (unpaired) electrons. The van der Waals surface area contributed by atoms with Crippen LogP contribution in [0.2, 0.25) is 0 Å². The molecule has 1 amide bonds. The van der Waals surface area contributed by atoms with Crippen molar-refractivity contribution in [2.45, 2.75) is 32.2 Å². The van der Waals surface area contributed by atoms with E-state index in [4.69, 9.17) is 9.47 Å². The summed E-state index contributed by atoms with van der Waals surface area (Å²) in [6.45, 7) is 2.93. The topological polar surface area (TPSA) is 38.8 Å². The molecule has 0 bridgehead atoms. The summed E-state index contributed by atoms with van der Waals surface area (Å²) < 4.78 is 10.7. The van der Waals surface area contributed by atoms with E-state index in [2.05, 4.69) is 18.4 Å². The van der Waals surface area contributed by atoms with Crippen molar-refractivity contribution in [2.75, 3.05) is 20.8 Å². The van der Waals surface area contributed by atoms with Gasteiger partial charge in [-0.15, -0.1) is 11.3 Å². The summed E-state index contributed by atoms with van der Waals surface area (Å²) >= 11 is 1.80. The molecule has 0 N–H and O–H groups in total. The van der Waals surface area contributed by atoms with Gasteiger partial charge in [-0.25, -0.2) is 0 Å². The standard InChI is InChI=1S/C19H23NO3S/c1-4-16-15-8-10-24-18(15)7-9-20(16)19(21)12-13-11-14(22-2)5-6-17(13)23-3/h5-6,8,10-11,16H,4,7,9,12H2,1-3H3. The molecular formula is C19H23NO3S. The molecule has 24 heavy (non-hydrogen) atoms. The minimum absolute atomic E-state index is 0.144. The summed E-state index contributed by atoms with van der Waals surface area (Å²) in [5, 5.41) is 2.13. The van der Waals surface area contributed by atoms with E-state index >= 15 is 0 Å². The molecule has 1 aliphatic heterocycles. The van der Waals surface area contributed by atoms with Gasteiger partial charge in [0.05, 0.1) is 26.7 Å². The Hall–Kier alpha value is -2.01. The van der Waals surface area contributed by atoms with E-state index in [0.717, 1.165) is 36.4 Å². The summed E-state index contributed by atoms with van der Waals surface area (Å²) in [5.41, 5.74) is 2.19. The van der Waals surface area contributed by atoms with Crippen LogP contribution in [-0.2, 0) is 17.6 Å². The quantitative estimate of drug-likeness (QED) is 0.826. The molecule has 1 aromatic carbocycles. The molecule has 2 aromatic rings. The zero-order chi connectivity index (χ0) is 17.1. The average Bonchev–Trinajstić information content (AvgIpc) is 3.09. The molecule has 4 nitrogen and oxygen atoms in total. The second-order valence-electron chi connectivity index (χ2n) is 5.91. The van der Waals surface area contributed by atoms with Gasteiger partial charge in [0.15, 0.2) is 0 Å². The molecule has 5 heteroatoms. The smallest absolute Gasteiger partial charge is 0.227 e. The fourth-order valence-electron chi connectivity index (χ4n) is 3.42. The number of benzene rings is 1. The second kappa shape index (κ2) is 7.26. The minimum atomic E-state index is 0.144. The SMILES string of the molecule is CCC1c2ccsc2CCN1C(=O)Cc1cc(OC)ccc1OC. The summed E-state index contributed by atoms with van der Waals surface area (Å²) in [6.07, 6.45) is 2.21. The molecule has 0 fully saturated rings. The van der Waals surface area contributed by atoms with Crippen molar-refractivity contribution in [1.82, 2.24) is 4.90 Å². The van der Waals surface area contributed by atoms with E-state index in [-0.39, 0.29) is 11.9 Å². The van der Waals surface area contributed by atoms with Crippen molar-refractivity contribution in [3.63, 3.8) is 0 Å². The van der Waals surface area contributed by atoms with Crippen LogP contribution in [0, 0.1) is 0 Å². The third-order valence-electron chi connectivity index (χ3n) is 4.63. The lowest BCUT2D eigenvalue weighted by Gasteiger charge is -2.35. The van der Waals surface area contributed by atoms with Gasteiger partial charge in [0, 0.05) is 17.0 Å². The maximum Gasteiger partial charge on any atom is 0.227 e. The Morgan fingerprint density at radius 3 is 2.83 bits per heavy atom. The molecular weight excluding hydrogens is 322 g/mol. The van der Waals surface area contributed by atoms with Crippen LogP contribution in [0.3, 0.4) is 0 Å². The Labute approximate surface area is 147 Å². The van der Waals surface area contributed by atoms with E-state index in [9.17, 15) is 4.79 Å². The van der Waals surface area contributed by atoms with Gasteiger partial charge < -0.3 is 14.4 Å². The molecule has 3 rings (SSSR count). The van der Waals surface area contributed by atoms with Gasteiger partial charge in [-0.05, 0) is 48.1 Å². The molecule has 2 heterocycles. The predicted molar refractivity (Wildman–Crippen MR) is 96.0 cm³/mol. The summed E-state index contributed by atoms with van der Waals surface area (Å²) in [5.74, 6) is 1.61. The van der Waals surface area contributed by atoms with Crippen molar-refractivity contribution < 1.29 is 14.3 Å². The van der Waals surface area contributed by atoms with Gasteiger partial charge in [0.25, 0.3) is 0 Å². The Bertz CT molecular complexity index is 725. The number of thiophene rings is 1. The van der Waals surface area contributed by atoms with Crippen LogP contribution in [0.25, 0.3) is 0 Å². The van der Waals surface area contributed by atoms with E-state index in [1.165, 1.54) is 10.4 Å². The molecule has 1 unspecified atom stereocenters. The molecule has 1 aromatic heterocycles. The van der Waals surface area contributed by atoms with E-state index < -0.39 is 0 Å². The fraction of sp³-hybridized carbons (Fsp3) is 0.421. The van der Waals surface area contributed by atoms with Crippen LogP contribution in [0.5, 0.6) is 11.5 Å². The van der Waals surface area contributed by atoms with E-state index in [1.54, 1.807) is 25.6 Å². The van der Waals surface area contributed by atoms with Crippen LogP contribution in [-0.4, -0.2) is 31.6 Å². The Balaban J connectivity index is 1.83. The van der Waals surface area contributed by atoms with E-state index in [0.29, 0.717) is 6.42 Å². The van der Waals surface area contributed by atoms with Gasteiger partial charge >= 0.3 is 0 Å². The number of hydrogen-bond donors (Lipinski definition) is 0. The highest BCUT2D eigenvalue weighted by Gasteiger charge is 2.30. The fourth-order valence-corrected chi connectivity index (χ4v) is 4.35. The van der Waals surface area contributed by atoms with Gasteiger partial charge in [-0.1, -0.05) is 6.92 Å². The molecule has 0 aliphatic carbocycles. The Morgan fingerprint density at radius 1 is 1.29 bits per heavy atom. The molecule has 0 spiro atoms. The maximum atomic E-state index is 13.0. The molecule has 0 saturated heterocycles. The normalized spacial score (nSPS) is 16.6. The number of fused-ring (bicyclic) bond motifs is 1. The first-order valence-electron chi connectivity index (χ1n) is 8.24. The molecule has 1 aliphatic rings. The largest absolute Gasteiger partial charge is 0.497 e. The summed E-state index contributed by atoms with van der Waals surface area (Å²) in [6, 6.07) is 7.94. The van der Waals surface area contributed by atoms with Crippen LogP contribution in [0.1, 0.15) is 35.4 Å². The highest BCUT2D eigenvalue weighted by Crippen LogP contribution is 2.36. The number of amides is 1. The van der Waals surface area contributed by atoms with E-state index in [1.807, 2.05) is 23.1 Å². The highest BCUT2D eigenvalue weighted by atomic mass is 32.1. The van der Waals surface area contributed by atoms with Gasteiger partial charge in [-0.3, -0.25) is 4.79 Å². The van der Waals surface area contributed by atoms with Gasteiger partial charge in [-0.2, -0.15) is 0 Å². The monoisotopic (exact) mass is 345 g/mol. The van der Waals surface area contributed by atoms with Gasteiger partial charge in [0.1, 0.15) is 11.5 Å². The zero-order valence-corrected chi connectivity index (χ0v) is 15.2. The van der Waals surface area contributed by atoms with Crippen LogP contribution in [0.4, 0.5) is 0 Å². The van der Waals surface area contributed by atoms with Crippen molar-refractivity contribution in [3.8, 4) is 11.5 Å². The molecule has 1 atom stereocenters.